The Hall–Kier alpha value is -2.60. The van der Waals surface area contributed by atoms with Gasteiger partial charge in [0, 0.05) is 22.3 Å². The van der Waals surface area contributed by atoms with Gasteiger partial charge in [0.1, 0.15) is 5.69 Å². The average Bonchev–Trinajstić information content (AvgIpc) is 3.36. The number of nitrogens with one attached hydrogen (secondary N) is 1. The molecule has 3 aromatic rings. The summed E-state index contributed by atoms with van der Waals surface area (Å²) in [5.74, 6) is -0.379. The number of carbonyl (C=O) groups is 2. The second-order valence-electron chi connectivity index (χ2n) is 6.60. The molecule has 0 spiro atoms. The van der Waals surface area contributed by atoms with Crippen molar-refractivity contribution in [2.75, 3.05) is 6.54 Å². The van der Waals surface area contributed by atoms with E-state index >= 15 is 0 Å². The number of rotatable bonds is 4. The van der Waals surface area contributed by atoms with Crippen LogP contribution in [0.3, 0.4) is 0 Å². The standard InChI is InChI=1S/C20H21N3O2S/c1-2-12-13-6-3-4-7-14(13)22-18(12)20(25)23-11-5-8-15(23)16-9-10-17(26-16)19(21)24/h3-4,6-7,9-10,15,22H,2,5,8,11H2,1H3,(H2,21,24)/t15-/m0/s1. The number of amides is 2. The third-order valence-electron chi connectivity index (χ3n) is 5.09. The summed E-state index contributed by atoms with van der Waals surface area (Å²) in [6.45, 7) is 2.80. The number of hydrogen-bond donors (Lipinski definition) is 2. The molecule has 3 heterocycles. The normalized spacial score (nSPS) is 17.1. The Balaban J connectivity index is 1.70. The smallest absolute Gasteiger partial charge is 0.271 e. The van der Waals surface area contributed by atoms with Crippen molar-refractivity contribution in [3.63, 3.8) is 0 Å². The van der Waals surface area contributed by atoms with E-state index in [1.807, 2.05) is 29.2 Å². The van der Waals surface area contributed by atoms with E-state index in [1.54, 1.807) is 6.07 Å². The molecule has 2 amide bonds. The first-order chi connectivity index (χ1) is 12.6. The largest absolute Gasteiger partial charge is 0.365 e. The summed E-state index contributed by atoms with van der Waals surface area (Å²) in [6.07, 6.45) is 2.67. The molecule has 0 radical (unpaired) electrons. The van der Waals surface area contributed by atoms with Gasteiger partial charge in [0.25, 0.3) is 11.8 Å². The Morgan fingerprint density at radius 2 is 2.08 bits per heavy atom. The highest BCUT2D eigenvalue weighted by atomic mass is 32.1. The van der Waals surface area contributed by atoms with Crippen LogP contribution in [0.25, 0.3) is 10.9 Å². The minimum absolute atomic E-state index is 0.0109. The zero-order valence-corrected chi connectivity index (χ0v) is 15.4. The van der Waals surface area contributed by atoms with Crippen molar-refractivity contribution < 1.29 is 9.59 Å². The number of hydrogen-bond acceptors (Lipinski definition) is 3. The quantitative estimate of drug-likeness (QED) is 0.734. The molecule has 1 saturated heterocycles. The predicted molar refractivity (Wildman–Crippen MR) is 104 cm³/mol. The number of H-pyrrole nitrogens is 1. The molecular formula is C20H21N3O2S. The van der Waals surface area contributed by atoms with Crippen molar-refractivity contribution in [3.8, 4) is 0 Å². The van der Waals surface area contributed by atoms with Crippen LogP contribution in [0.5, 0.6) is 0 Å². The van der Waals surface area contributed by atoms with Gasteiger partial charge in [-0.15, -0.1) is 11.3 Å². The SMILES string of the molecule is CCc1c(C(=O)N2CCC[C@H]2c2ccc(C(N)=O)s2)[nH]c2ccccc12. The third kappa shape index (κ3) is 2.70. The number of likely N-dealkylation sites (tertiary alicyclic amines) is 1. The van der Waals surface area contributed by atoms with Crippen molar-refractivity contribution in [2.24, 2.45) is 5.73 Å². The number of nitrogens with two attached hydrogens (primary N) is 1. The summed E-state index contributed by atoms with van der Waals surface area (Å²) >= 11 is 1.39. The fourth-order valence-corrected chi connectivity index (χ4v) is 4.87. The lowest BCUT2D eigenvalue weighted by atomic mass is 10.1. The Morgan fingerprint density at radius 3 is 2.81 bits per heavy atom. The van der Waals surface area contributed by atoms with Crippen molar-refractivity contribution in [1.82, 2.24) is 9.88 Å². The number of benzene rings is 1. The molecule has 0 unspecified atom stereocenters. The molecule has 1 aliphatic heterocycles. The topological polar surface area (TPSA) is 79.2 Å². The highest BCUT2D eigenvalue weighted by Gasteiger charge is 2.33. The van der Waals surface area contributed by atoms with Crippen molar-refractivity contribution in [3.05, 3.63) is 57.4 Å². The highest BCUT2D eigenvalue weighted by Crippen LogP contribution is 2.37. The lowest BCUT2D eigenvalue weighted by Crippen LogP contribution is -2.31. The molecule has 26 heavy (non-hydrogen) atoms. The van der Waals surface area contributed by atoms with E-state index in [-0.39, 0.29) is 11.9 Å². The van der Waals surface area contributed by atoms with Crippen LogP contribution in [0.15, 0.2) is 36.4 Å². The Bertz CT molecular complexity index is 988. The van der Waals surface area contributed by atoms with E-state index in [9.17, 15) is 9.59 Å². The summed E-state index contributed by atoms with van der Waals surface area (Å²) < 4.78 is 0. The molecule has 1 aliphatic rings. The van der Waals surface area contributed by atoms with Crippen molar-refractivity contribution in [2.45, 2.75) is 32.2 Å². The maximum atomic E-state index is 13.3. The number of aromatic nitrogens is 1. The molecule has 134 valence electrons. The number of para-hydroxylation sites is 1. The number of thiophene rings is 1. The second-order valence-corrected chi connectivity index (χ2v) is 7.72. The number of fused-ring (bicyclic) bond motifs is 1. The Kier molecular flexibility index (Phi) is 4.28. The first-order valence-electron chi connectivity index (χ1n) is 8.90. The van der Waals surface area contributed by atoms with E-state index in [0.717, 1.165) is 47.2 Å². The lowest BCUT2D eigenvalue weighted by Gasteiger charge is -2.24. The minimum atomic E-state index is -0.416. The van der Waals surface area contributed by atoms with Crippen LogP contribution in [0.2, 0.25) is 0 Å². The minimum Gasteiger partial charge on any atom is -0.365 e. The van der Waals surface area contributed by atoms with E-state index in [2.05, 4.69) is 18.0 Å². The number of nitrogens with zero attached hydrogens (tertiary/aromatic N) is 1. The van der Waals surface area contributed by atoms with Crippen LogP contribution < -0.4 is 5.73 Å². The zero-order chi connectivity index (χ0) is 18.3. The van der Waals surface area contributed by atoms with Crippen LogP contribution in [-0.4, -0.2) is 28.2 Å². The van der Waals surface area contributed by atoms with Crippen LogP contribution >= 0.6 is 11.3 Å². The summed E-state index contributed by atoms with van der Waals surface area (Å²) in [4.78, 5) is 31.5. The van der Waals surface area contributed by atoms with E-state index in [0.29, 0.717) is 10.6 Å². The molecule has 1 fully saturated rings. The second kappa shape index (κ2) is 6.61. The molecule has 4 rings (SSSR count). The Morgan fingerprint density at radius 1 is 1.27 bits per heavy atom. The maximum Gasteiger partial charge on any atom is 0.271 e. The van der Waals surface area contributed by atoms with Gasteiger partial charge in [0.05, 0.1) is 10.9 Å². The average molecular weight is 367 g/mol. The first-order valence-corrected chi connectivity index (χ1v) is 9.72. The lowest BCUT2D eigenvalue weighted by molar-refractivity contribution is 0.0731. The van der Waals surface area contributed by atoms with Gasteiger partial charge in [-0.05, 0) is 43.0 Å². The molecule has 1 atom stereocenters. The third-order valence-corrected chi connectivity index (χ3v) is 6.29. The molecule has 3 N–H and O–H groups in total. The Labute approximate surface area is 155 Å². The molecule has 5 nitrogen and oxygen atoms in total. The van der Waals surface area contributed by atoms with Gasteiger partial charge in [-0.3, -0.25) is 9.59 Å². The van der Waals surface area contributed by atoms with Crippen LogP contribution in [-0.2, 0) is 6.42 Å². The van der Waals surface area contributed by atoms with Crippen molar-refractivity contribution >= 4 is 34.1 Å². The van der Waals surface area contributed by atoms with E-state index in [4.69, 9.17) is 5.73 Å². The van der Waals surface area contributed by atoms with Crippen LogP contribution in [0, 0.1) is 0 Å². The van der Waals surface area contributed by atoms with Gasteiger partial charge in [-0.2, -0.15) is 0 Å². The number of aryl methyl sites for hydroxylation is 1. The molecule has 0 bridgehead atoms. The molecule has 2 aromatic heterocycles. The van der Waals surface area contributed by atoms with Crippen LogP contribution in [0.1, 0.15) is 56.4 Å². The monoisotopic (exact) mass is 367 g/mol. The fraction of sp³-hybridized carbons (Fsp3) is 0.300. The first kappa shape index (κ1) is 16.8. The van der Waals surface area contributed by atoms with Gasteiger partial charge in [0.15, 0.2) is 0 Å². The molecule has 1 aromatic carbocycles. The van der Waals surface area contributed by atoms with Gasteiger partial charge in [-0.25, -0.2) is 0 Å². The molecule has 0 aliphatic carbocycles. The highest BCUT2D eigenvalue weighted by molar-refractivity contribution is 7.14. The maximum absolute atomic E-state index is 13.3. The van der Waals surface area contributed by atoms with Gasteiger partial charge in [0.2, 0.25) is 0 Å². The molecule has 6 heteroatoms. The number of carbonyl (C=O) groups excluding carboxylic acids is 2. The summed E-state index contributed by atoms with van der Waals surface area (Å²) in [5, 5.41) is 1.11. The summed E-state index contributed by atoms with van der Waals surface area (Å²) in [7, 11) is 0. The van der Waals surface area contributed by atoms with E-state index in [1.165, 1.54) is 11.3 Å². The molecule has 0 saturated carbocycles. The summed E-state index contributed by atoms with van der Waals surface area (Å²) in [6, 6.07) is 11.7. The van der Waals surface area contributed by atoms with Crippen molar-refractivity contribution in [1.29, 1.82) is 0 Å². The van der Waals surface area contributed by atoms with Crippen LogP contribution in [0.4, 0.5) is 0 Å². The van der Waals surface area contributed by atoms with Gasteiger partial charge < -0.3 is 15.6 Å². The molecular weight excluding hydrogens is 346 g/mol. The number of aromatic amines is 1. The van der Waals surface area contributed by atoms with Gasteiger partial charge >= 0.3 is 0 Å². The summed E-state index contributed by atoms with van der Waals surface area (Å²) in [5.41, 5.74) is 8.13. The van der Waals surface area contributed by atoms with E-state index < -0.39 is 5.91 Å². The fourth-order valence-electron chi connectivity index (χ4n) is 3.86. The predicted octanol–water partition coefficient (Wildman–Crippen LogP) is 3.87. The number of primary amides is 1. The van der Waals surface area contributed by atoms with Gasteiger partial charge in [-0.1, -0.05) is 25.1 Å². The zero-order valence-electron chi connectivity index (χ0n) is 14.6.